The average molecular weight is 471 g/mol. The van der Waals surface area contributed by atoms with Crippen molar-refractivity contribution in [3.8, 4) is 0 Å². The first-order chi connectivity index (χ1) is 14.0. The highest BCUT2D eigenvalue weighted by Crippen LogP contribution is 2.39. The summed E-state index contributed by atoms with van der Waals surface area (Å²) in [6.07, 6.45) is 4.30. The summed E-state index contributed by atoms with van der Waals surface area (Å²) in [5.41, 5.74) is 4.55. The van der Waals surface area contributed by atoms with Gasteiger partial charge >= 0.3 is 6.03 Å². The number of hydrogen-bond acceptors (Lipinski definition) is 6. The van der Waals surface area contributed by atoms with Crippen molar-refractivity contribution < 1.29 is 4.79 Å². The van der Waals surface area contributed by atoms with E-state index >= 15 is 0 Å². The Morgan fingerprint density at radius 1 is 1.31 bits per heavy atom. The molecule has 1 aromatic carbocycles. The molecule has 0 saturated heterocycles. The van der Waals surface area contributed by atoms with E-state index in [9.17, 15) is 4.79 Å². The van der Waals surface area contributed by atoms with Gasteiger partial charge in [-0.3, -0.25) is 4.99 Å². The van der Waals surface area contributed by atoms with Crippen LogP contribution < -0.4 is 5.32 Å². The van der Waals surface area contributed by atoms with E-state index in [2.05, 4.69) is 48.3 Å². The molecule has 148 valence electrons. The van der Waals surface area contributed by atoms with Gasteiger partial charge in [0.05, 0.1) is 24.2 Å². The number of anilines is 2. The third-order valence-corrected chi connectivity index (χ3v) is 7.04. The second kappa shape index (κ2) is 7.07. The minimum atomic E-state index is 0.0428. The lowest BCUT2D eigenvalue weighted by atomic mass is 10.0. The number of carbonyl (C=O) groups excluding carboxylic acids is 1. The van der Waals surface area contributed by atoms with Gasteiger partial charge in [-0.25, -0.2) is 14.8 Å². The number of nitrogens with one attached hydrogen (secondary N) is 1. The van der Waals surface area contributed by atoms with E-state index in [4.69, 9.17) is 0 Å². The van der Waals surface area contributed by atoms with Crippen LogP contribution in [0.4, 0.5) is 16.3 Å². The number of rotatable bonds is 2. The molecule has 0 aliphatic carbocycles. The Morgan fingerprint density at radius 2 is 2.17 bits per heavy atom. The lowest BCUT2D eigenvalue weighted by Crippen LogP contribution is -2.41. The molecule has 0 bridgehead atoms. The zero-order valence-electron chi connectivity index (χ0n) is 16.1. The van der Waals surface area contributed by atoms with E-state index < -0.39 is 0 Å². The van der Waals surface area contributed by atoms with Crippen molar-refractivity contribution in [2.75, 3.05) is 26.0 Å². The number of benzene rings is 1. The van der Waals surface area contributed by atoms with Crippen molar-refractivity contribution in [3.63, 3.8) is 0 Å². The van der Waals surface area contributed by atoms with Gasteiger partial charge in [-0.2, -0.15) is 0 Å². The maximum Gasteiger partial charge on any atom is 0.319 e. The fraction of sp³-hybridized carbons (Fsp3) is 0.300. The fourth-order valence-corrected chi connectivity index (χ4v) is 5.52. The summed E-state index contributed by atoms with van der Waals surface area (Å²) in [4.78, 5) is 31.4. The molecule has 9 heteroatoms. The number of fused-ring (bicyclic) bond motifs is 4. The van der Waals surface area contributed by atoms with Crippen molar-refractivity contribution in [3.05, 3.63) is 44.5 Å². The van der Waals surface area contributed by atoms with Gasteiger partial charge in [0.2, 0.25) is 0 Å². The Hall–Kier alpha value is -2.52. The summed E-state index contributed by atoms with van der Waals surface area (Å²) in [6, 6.07) is 4.25. The Balaban J connectivity index is 1.52. The van der Waals surface area contributed by atoms with Crippen LogP contribution in [0.15, 0.2) is 27.9 Å². The second-order valence-corrected chi connectivity index (χ2v) is 9.32. The van der Waals surface area contributed by atoms with Crippen molar-refractivity contribution in [1.82, 2.24) is 19.8 Å². The van der Waals surface area contributed by atoms with Crippen molar-refractivity contribution in [1.29, 1.82) is 0 Å². The van der Waals surface area contributed by atoms with E-state index in [1.165, 1.54) is 16.0 Å². The summed E-state index contributed by atoms with van der Waals surface area (Å²) in [6.45, 7) is 2.04. The highest BCUT2D eigenvalue weighted by atomic mass is 79.9. The zero-order chi connectivity index (χ0) is 20.1. The molecule has 0 radical (unpaired) electrons. The van der Waals surface area contributed by atoms with Gasteiger partial charge < -0.3 is 15.1 Å². The summed E-state index contributed by atoms with van der Waals surface area (Å²) < 4.78 is 0.986. The molecule has 2 amide bonds. The Morgan fingerprint density at radius 3 is 3.00 bits per heavy atom. The number of aliphatic imine (C=N–C) groups is 1. The number of amides is 2. The number of aromatic nitrogens is 2. The molecule has 5 rings (SSSR count). The number of urea groups is 1. The van der Waals surface area contributed by atoms with Crippen LogP contribution in [0.2, 0.25) is 0 Å². The van der Waals surface area contributed by atoms with Crippen molar-refractivity contribution in [2.45, 2.75) is 19.5 Å². The lowest BCUT2D eigenvalue weighted by molar-refractivity contribution is 0.166. The Bertz CT molecular complexity index is 1170. The summed E-state index contributed by atoms with van der Waals surface area (Å²) in [7, 11) is 3.57. The van der Waals surface area contributed by atoms with E-state index in [1.54, 1.807) is 36.7 Å². The smallest absolute Gasteiger partial charge is 0.319 e. The highest BCUT2D eigenvalue weighted by molar-refractivity contribution is 9.10. The number of nitrogens with zero attached hydrogens (tertiary/aromatic N) is 5. The topological polar surface area (TPSA) is 73.7 Å². The van der Waals surface area contributed by atoms with E-state index in [1.807, 2.05) is 11.1 Å². The van der Waals surface area contributed by atoms with Gasteiger partial charge in [-0.15, -0.1) is 11.3 Å². The van der Waals surface area contributed by atoms with Crippen LogP contribution in [0, 0.1) is 0 Å². The van der Waals surface area contributed by atoms with E-state index in [0.29, 0.717) is 13.1 Å². The van der Waals surface area contributed by atoms with Gasteiger partial charge in [0.1, 0.15) is 17.0 Å². The molecule has 2 aliphatic rings. The summed E-state index contributed by atoms with van der Waals surface area (Å²) in [5.74, 6) is 0.801. The van der Waals surface area contributed by atoms with Gasteiger partial charge in [0.15, 0.2) is 0 Å². The molecule has 4 heterocycles. The van der Waals surface area contributed by atoms with Crippen molar-refractivity contribution in [2.24, 2.45) is 4.99 Å². The molecule has 2 aliphatic heterocycles. The maximum absolute atomic E-state index is 12.4. The summed E-state index contributed by atoms with van der Waals surface area (Å²) >= 11 is 5.31. The molecule has 0 saturated carbocycles. The zero-order valence-corrected chi connectivity index (χ0v) is 18.5. The standard InChI is InChI=1S/C20H19BrN6OS/c1-26(2)20(28)27-4-3-13-16(9-27)29-19-17(13)18(23-10-24-19)25-15-6-12-8-22-7-11(12)5-14(15)21/h5-6,8,10H,3-4,7,9H2,1-2H3,(H,23,24,25). The minimum absolute atomic E-state index is 0.0428. The molecule has 2 aromatic heterocycles. The van der Waals surface area contributed by atoms with Gasteiger partial charge in [0, 0.05) is 36.2 Å². The second-order valence-electron chi connectivity index (χ2n) is 7.38. The van der Waals surface area contributed by atoms with E-state index in [0.717, 1.165) is 44.7 Å². The number of halogens is 1. The molecule has 0 atom stereocenters. The van der Waals surface area contributed by atoms with Crippen LogP contribution in [0.5, 0.6) is 0 Å². The quantitative estimate of drug-likeness (QED) is 0.609. The third-order valence-electron chi connectivity index (χ3n) is 5.26. The first-order valence-electron chi connectivity index (χ1n) is 9.32. The van der Waals surface area contributed by atoms with Crippen LogP contribution in [0.1, 0.15) is 21.6 Å². The molecule has 0 unspecified atom stereocenters. The molecule has 0 fully saturated rings. The predicted octanol–water partition coefficient (Wildman–Crippen LogP) is 4.17. The Labute approximate surface area is 180 Å². The van der Waals surface area contributed by atoms with Gasteiger partial charge in [0.25, 0.3) is 0 Å². The third kappa shape index (κ3) is 3.18. The molecule has 0 spiro atoms. The highest BCUT2D eigenvalue weighted by Gasteiger charge is 2.27. The Kier molecular flexibility index (Phi) is 4.51. The minimum Gasteiger partial charge on any atom is -0.339 e. The number of thiophene rings is 1. The lowest BCUT2D eigenvalue weighted by Gasteiger charge is -2.29. The largest absolute Gasteiger partial charge is 0.339 e. The molecule has 29 heavy (non-hydrogen) atoms. The molecule has 3 aromatic rings. The van der Waals surface area contributed by atoms with Gasteiger partial charge in [-0.05, 0) is 51.2 Å². The van der Waals surface area contributed by atoms with Crippen LogP contribution in [-0.4, -0.2) is 52.7 Å². The van der Waals surface area contributed by atoms with Gasteiger partial charge in [-0.1, -0.05) is 0 Å². The van der Waals surface area contributed by atoms with Crippen LogP contribution in [0.3, 0.4) is 0 Å². The van der Waals surface area contributed by atoms with Crippen LogP contribution >= 0.6 is 27.3 Å². The van der Waals surface area contributed by atoms with E-state index in [-0.39, 0.29) is 6.03 Å². The molecule has 1 N–H and O–H groups in total. The molecular formula is C20H19BrN6OS. The monoisotopic (exact) mass is 470 g/mol. The fourth-order valence-electron chi connectivity index (χ4n) is 3.82. The SMILES string of the molecule is CN(C)C(=O)N1CCc2c(sc3ncnc(Nc4cc5c(cc4Br)CN=C5)c23)C1. The summed E-state index contributed by atoms with van der Waals surface area (Å²) in [5, 5.41) is 4.55. The number of carbonyl (C=O) groups is 1. The molecule has 7 nitrogen and oxygen atoms in total. The predicted molar refractivity (Wildman–Crippen MR) is 119 cm³/mol. The first kappa shape index (κ1) is 18.5. The first-order valence-corrected chi connectivity index (χ1v) is 10.9. The number of hydrogen-bond donors (Lipinski definition) is 1. The van der Waals surface area contributed by atoms with Crippen LogP contribution in [0.25, 0.3) is 10.2 Å². The normalized spacial score (nSPS) is 14.8. The van der Waals surface area contributed by atoms with Crippen molar-refractivity contribution >= 4 is 61.2 Å². The molecular weight excluding hydrogens is 452 g/mol. The van der Waals surface area contributed by atoms with Crippen LogP contribution in [-0.2, 0) is 19.5 Å². The average Bonchev–Trinajstić information content (AvgIpc) is 3.30. The maximum atomic E-state index is 12.4.